The zero-order chi connectivity index (χ0) is 31.6. The van der Waals surface area contributed by atoms with Gasteiger partial charge in [-0.3, -0.25) is 0 Å². The number of rotatable bonds is 11. The van der Waals surface area contributed by atoms with E-state index in [1.807, 2.05) is 30.3 Å². The van der Waals surface area contributed by atoms with Crippen LogP contribution in [-0.2, 0) is 4.57 Å². The highest BCUT2D eigenvalue weighted by Gasteiger charge is 2.44. The normalized spacial score (nSPS) is 16.9. The summed E-state index contributed by atoms with van der Waals surface area (Å²) < 4.78 is 27.8. The van der Waals surface area contributed by atoms with E-state index in [1.165, 1.54) is 14.2 Å². The van der Waals surface area contributed by atoms with Crippen molar-refractivity contribution in [1.82, 2.24) is 0 Å². The van der Waals surface area contributed by atoms with Gasteiger partial charge in [-0.2, -0.15) is 0 Å². The molecular formula is C36H41N2O5P. The molecule has 44 heavy (non-hydrogen) atoms. The molecule has 1 aliphatic rings. The Morgan fingerprint density at radius 2 is 1.18 bits per heavy atom. The first-order chi connectivity index (χ1) is 21.3. The lowest BCUT2D eigenvalue weighted by molar-refractivity contribution is 0.0696. The molecule has 0 aliphatic carbocycles. The van der Waals surface area contributed by atoms with Crippen LogP contribution in [0.15, 0.2) is 78.9 Å². The van der Waals surface area contributed by atoms with Crippen LogP contribution in [0.2, 0.25) is 0 Å². The predicted octanol–water partition coefficient (Wildman–Crippen LogP) is 6.23. The second kappa shape index (κ2) is 12.8. The van der Waals surface area contributed by atoms with Gasteiger partial charge in [0.2, 0.25) is 0 Å². The van der Waals surface area contributed by atoms with Crippen LogP contribution < -0.4 is 35.2 Å². The van der Waals surface area contributed by atoms with Crippen LogP contribution in [0.25, 0.3) is 0 Å². The first-order valence-electron chi connectivity index (χ1n) is 15.2. The van der Waals surface area contributed by atoms with Crippen molar-refractivity contribution in [3.05, 3.63) is 101 Å². The summed E-state index contributed by atoms with van der Waals surface area (Å²) in [6, 6.07) is 25.4. The summed E-state index contributed by atoms with van der Waals surface area (Å²) in [6.45, 7) is 11.7. The number of aromatic carboxylic acids is 1. The van der Waals surface area contributed by atoms with Crippen LogP contribution in [0, 0.1) is 0 Å². The van der Waals surface area contributed by atoms with Crippen LogP contribution in [0.5, 0.6) is 11.5 Å². The summed E-state index contributed by atoms with van der Waals surface area (Å²) in [5.74, 6) is -0.685. The Labute approximate surface area is 260 Å². The molecule has 230 valence electrons. The lowest BCUT2D eigenvalue weighted by atomic mass is 9.82. The standard InChI is InChI=1S/C36H41N2O5P/c1-7-37(8-2)25-16-18-28-32(22-25)44(41,27-14-12-11-13-15-27)33-23-26(38(9-3)10-4)17-19-29(33)34(28)35-30(42-5)20-24(36(39)40)21-31(35)43-6/h11-23,34H,7-10H2,1-6H3,(H,39,40). The average molecular weight is 613 g/mol. The van der Waals surface area contributed by atoms with Crippen LogP contribution >= 0.6 is 7.14 Å². The van der Waals surface area contributed by atoms with E-state index in [1.54, 1.807) is 12.1 Å². The van der Waals surface area contributed by atoms with Crippen LogP contribution in [-0.4, -0.2) is 51.5 Å². The second-order valence-corrected chi connectivity index (χ2v) is 13.5. The number of fused-ring (bicyclic) bond motifs is 2. The van der Waals surface area contributed by atoms with E-state index >= 15 is 4.57 Å². The van der Waals surface area contributed by atoms with Crippen molar-refractivity contribution in [3.63, 3.8) is 0 Å². The van der Waals surface area contributed by atoms with Crippen molar-refractivity contribution in [1.29, 1.82) is 0 Å². The van der Waals surface area contributed by atoms with E-state index in [2.05, 4.69) is 73.9 Å². The van der Waals surface area contributed by atoms with Crippen molar-refractivity contribution >= 4 is 40.4 Å². The van der Waals surface area contributed by atoms with Gasteiger partial charge in [0.1, 0.15) is 11.5 Å². The highest BCUT2D eigenvalue weighted by atomic mass is 31.2. The molecule has 5 rings (SSSR count). The maximum absolute atomic E-state index is 16.0. The van der Waals surface area contributed by atoms with E-state index in [0.717, 1.165) is 64.6 Å². The van der Waals surface area contributed by atoms with Crippen molar-refractivity contribution in [2.24, 2.45) is 0 Å². The number of carboxylic acids is 1. The summed E-state index contributed by atoms with van der Waals surface area (Å²) in [7, 11) is -0.304. The number of nitrogens with zero attached hydrogens (tertiary/aromatic N) is 2. The number of carbonyl (C=O) groups is 1. The Balaban J connectivity index is 1.94. The number of hydrogen-bond donors (Lipinski definition) is 1. The van der Waals surface area contributed by atoms with Gasteiger partial charge in [0.05, 0.1) is 19.8 Å². The van der Waals surface area contributed by atoms with E-state index in [4.69, 9.17) is 9.47 Å². The molecule has 4 aromatic carbocycles. The third-order valence-electron chi connectivity index (χ3n) is 8.79. The number of ether oxygens (including phenoxy) is 2. The molecule has 0 radical (unpaired) electrons. The number of anilines is 2. The van der Waals surface area contributed by atoms with Crippen molar-refractivity contribution in [2.75, 3.05) is 50.2 Å². The molecule has 0 atom stereocenters. The smallest absolute Gasteiger partial charge is 0.335 e. The fourth-order valence-electron chi connectivity index (χ4n) is 6.54. The Hall–Kier alpha value is -4.22. The molecule has 4 aromatic rings. The Kier molecular flexibility index (Phi) is 9.07. The lowest BCUT2D eigenvalue weighted by Gasteiger charge is -2.37. The van der Waals surface area contributed by atoms with Crippen LogP contribution in [0.4, 0.5) is 11.4 Å². The predicted molar refractivity (Wildman–Crippen MR) is 180 cm³/mol. The maximum atomic E-state index is 16.0. The first kappa shape index (κ1) is 31.2. The van der Waals surface area contributed by atoms with E-state index in [-0.39, 0.29) is 5.56 Å². The molecule has 0 fully saturated rings. The fraction of sp³-hybridized carbons (Fsp3) is 0.306. The van der Waals surface area contributed by atoms with Crippen LogP contribution in [0.1, 0.15) is 60.7 Å². The maximum Gasteiger partial charge on any atom is 0.335 e. The van der Waals surface area contributed by atoms with Gasteiger partial charge in [-0.25, -0.2) is 4.79 Å². The third kappa shape index (κ3) is 5.13. The molecule has 0 saturated heterocycles. The number of carboxylic acid groups (broad SMARTS) is 1. The Bertz CT molecular complexity index is 1620. The number of hydrogen-bond acceptors (Lipinski definition) is 6. The average Bonchev–Trinajstić information content (AvgIpc) is 3.06. The molecule has 0 amide bonds. The highest BCUT2D eigenvalue weighted by molar-refractivity contribution is 7.85. The molecule has 0 spiro atoms. The van der Waals surface area contributed by atoms with Gasteiger partial charge in [-0.15, -0.1) is 0 Å². The minimum absolute atomic E-state index is 0.0717. The summed E-state index contributed by atoms with van der Waals surface area (Å²) >= 11 is 0. The highest BCUT2D eigenvalue weighted by Crippen LogP contribution is 2.55. The number of benzene rings is 4. The minimum atomic E-state index is -3.38. The monoisotopic (exact) mass is 612 g/mol. The summed E-state index contributed by atoms with van der Waals surface area (Å²) in [5.41, 5.74) is 4.56. The molecular weight excluding hydrogens is 571 g/mol. The van der Waals surface area contributed by atoms with Crippen molar-refractivity contribution in [2.45, 2.75) is 33.6 Å². The first-order valence-corrected chi connectivity index (χ1v) is 16.9. The molecule has 1 aliphatic heterocycles. The van der Waals surface area contributed by atoms with Crippen molar-refractivity contribution < 1.29 is 23.9 Å². The van der Waals surface area contributed by atoms with E-state index in [0.29, 0.717) is 17.1 Å². The molecule has 1 heterocycles. The van der Waals surface area contributed by atoms with E-state index < -0.39 is 19.0 Å². The summed E-state index contributed by atoms with van der Waals surface area (Å²) in [6.07, 6.45) is 0. The fourth-order valence-corrected chi connectivity index (χ4v) is 9.71. The molecule has 0 aromatic heterocycles. The largest absolute Gasteiger partial charge is 0.496 e. The molecule has 1 N–H and O–H groups in total. The summed E-state index contributed by atoms with van der Waals surface area (Å²) in [4.78, 5) is 16.5. The van der Waals surface area contributed by atoms with Gasteiger partial charge in [-0.1, -0.05) is 42.5 Å². The Morgan fingerprint density at radius 1 is 0.727 bits per heavy atom. The van der Waals surface area contributed by atoms with Crippen molar-refractivity contribution in [3.8, 4) is 11.5 Å². The minimum Gasteiger partial charge on any atom is -0.496 e. The molecule has 0 bridgehead atoms. The molecule has 7 nitrogen and oxygen atoms in total. The molecule has 0 unspecified atom stereocenters. The van der Waals surface area contributed by atoms with Gasteiger partial charge in [0.15, 0.2) is 7.14 Å². The molecule has 0 saturated carbocycles. The number of methoxy groups -OCH3 is 2. The topological polar surface area (TPSA) is 79.3 Å². The molecule has 8 heteroatoms. The van der Waals surface area contributed by atoms with Gasteiger partial charge in [-0.05, 0) is 75.2 Å². The van der Waals surface area contributed by atoms with Gasteiger partial charge < -0.3 is 28.9 Å². The SMILES string of the molecule is CCN(CC)c1ccc2c(c1)P(=O)(c1ccccc1)c1cc(N(CC)CC)ccc1C2c1c(OC)cc(C(=O)O)cc1OC. The third-order valence-corrected chi connectivity index (χ3v) is 11.9. The lowest BCUT2D eigenvalue weighted by Crippen LogP contribution is -2.38. The van der Waals surface area contributed by atoms with Gasteiger partial charge >= 0.3 is 5.97 Å². The zero-order valence-electron chi connectivity index (χ0n) is 26.3. The zero-order valence-corrected chi connectivity index (χ0v) is 27.2. The quantitative estimate of drug-likeness (QED) is 0.177. The Morgan fingerprint density at radius 3 is 1.57 bits per heavy atom. The second-order valence-electron chi connectivity index (χ2n) is 10.8. The summed E-state index contributed by atoms with van der Waals surface area (Å²) in [5, 5.41) is 12.2. The van der Waals surface area contributed by atoms with E-state index in [9.17, 15) is 9.90 Å². The van der Waals surface area contributed by atoms with Gasteiger partial charge in [0, 0.05) is 64.9 Å². The van der Waals surface area contributed by atoms with Gasteiger partial charge in [0.25, 0.3) is 0 Å². The van der Waals surface area contributed by atoms with Crippen LogP contribution in [0.3, 0.4) is 0 Å².